The monoisotopic (exact) mass is 531 g/mol. The highest BCUT2D eigenvalue weighted by Gasteiger charge is 2.23. The van der Waals surface area contributed by atoms with Crippen LogP contribution >= 0.6 is 0 Å². The van der Waals surface area contributed by atoms with Gasteiger partial charge >= 0.3 is 0 Å². The smallest absolute Gasteiger partial charge is 0.252 e. The average Bonchev–Trinajstić information content (AvgIpc) is 3.47. The predicted octanol–water partition coefficient (Wildman–Crippen LogP) is 4.26. The fourth-order valence-corrected chi connectivity index (χ4v) is 5.25. The number of benzene rings is 3. The summed E-state index contributed by atoms with van der Waals surface area (Å²) in [6.07, 6.45) is 5.57. The minimum atomic E-state index is -0.105. The first-order chi connectivity index (χ1) is 19.6. The highest BCUT2D eigenvalue weighted by Crippen LogP contribution is 2.23. The molecule has 6 rings (SSSR count). The fourth-order valence-electron chi connectivity index (χ4n) is 5.25. The standard InChI is InChI=1S/C32H33N7O/c1-37-15-17-38(18-16-37)22-30(24-7-3-2-4-8-24)34-32(40)29-10-6-5-9-28(29)21-39-23-31(35-36-39)26-11-12-27-20-33-14-13-25(27)19-26/h2-14,19-20,23,30H,15-18,21-22H2,1H3,(H,34,40). The Morgan fingerprint density at radius 2 is 1.73 bits per heavy atom. The van der Waals surface area contributed by atoms with E-state index in [1.807, 2.05) is 73.1 Å². The van der Waals surface area contributed by atoms with E-state index < -0.39 is 0 Å². The summed E-state index contributed by atoms with van der Waals surface area (Å²) in [6, 6.07) is 26.0. The van der Waals surface area contributed by atoms with Crippen LogP contribution in [0.5, 0.6) is 0 Å². The van der Waals surface area contributed by atoms with Gasteiger partial charge in [0.1, 0.15) is 5.69 Å². The van der Waals surface area contributed by atoms with Gasteiger partial charge in [0, 0.05) is 61.6 Å². The van der Waals surface area contributed by atoms with E-state index in [-0.39, 0.29) is 11.9 Å². The summed E-state index contributed by atoms with van der Waals surface area (Å²) in [7, 11) is 2.16. The first-order valence-electron chi connectivity index (χ1n) is 13.7. The summed E-state index contributed by atoms with van der Waals surface area (Å²) >= 11 is 0. The summed E-state index contributed by atoms with van der Waals surface area (Å²) in [4.78, 5) is 22.7. The van der Waals surface area contributed by atoms with Gasteiger partial charge in [0.05, 0.1) is 18.8 Å². The number of nitrogens with one attached hydrogen (secondary N) is 1. The van der Waals surface area contributed by atoms with E-state index >= 15 is 0 Å². The van der Waals surface area contributed by atoms with E-state index in [1.54, 1.807) is 10.9 Å². The van der Waals surface area contributed by atoms with E-state index in [0.717, 1.165) is 65.9 Å². The Bertz CT molecular complexity index is 1590. The van der Waals surface area contributed by atoms with Gasteiger partial charge in [0.15, 0.2) is 0 Å². The van der Waals surface area contributed by atoms with Crippen molar-refractivity contribution in [1.29, 1.82) is 0 Å². The lowest BCUT2D eigenvalue weighted by molar-refractivity contribution is 0.0906. The lowest BCUT2D eigenvalue weighted by Crippen LogP contribution is -2.47. The maximum Gasteiger partial charge on any atom is 0.252 e. The number of likely N-dealkylation sites (N-methyl/N-ethyl adjacent to an activating group) is 1. The van der Waals surface area contributed by atoms with Crippen LogP contribution in [0.3, 0.4) is 0 Å². The largest absolute Gasteiger partial charge is 0.344 e. The zero-order valence-corrected chi connectivity index (χ0v) is 22.6. The molecular weight excluding hydrogens is 498 g/mol. The van der Waals surface area contributed by atoms with Crippen molar-refractivity contribution in [3.63, 3.8) is 0 Å². The molecule has 202 valence electrons. The van der Waals surface area contributed by atoms with Gasteiger partial charge in [-0.15, -0.1) is 5.10 Å². The molecule has 1 unspecified atom stereocenters. The molecule has 0 radical (unpaired) electrons. The zero-order chi connectivity index (χ0) is 27.3. The van der Waals surface area contributed by atoms with Gasteiger partial charge in [-0.25, -0.2) is 4.68 Å². The molecule has 1 aliphatic heterocycles. The van der Waals surface area contributed by atoms with Gasteiger partial charge < -0.3 is 10.2 Å². The second-order valence-electron chi connectivity index (χ2n) is 10.4. The number of hydrogen-bond donors (Lipinski definition) is 1. The molecule has 1 atom stereocenters. The Morgan fingerprint density at radius 3 is 2.58 bits per heavy atom. The molecule has 8 heteroatoms. The van der Waals surface area contributed by atoms with Crippen LogP contribution in [0, 0.1) is 0 Å². The van der Waals surface area contributed by atoms with Crippen LogP contribution in [0.4, 0.5) is 0 Å². The molecule has 0 bridgehead atoms. The van der Waals surface area contributed by atoms with E-state index in [4.69, 9.17) is 0 Å². The van der Waals surface area contributed by atoms with Crippen LogP contribution in [-0.2, 0) is 6.54 Å². The van der Waals surface area contributed by atoms with E-state index in [1.165, 1.54) is 0 Å². The number of nitrogens with zero attached hydrogens (tertiary/aromatic N) is 6. The second kappa shape index (κ2) is 11.8. The van der Waals surface area contributed by atoms with E-state index in [2.05, 4.69) is 55.7 Å². The van der Waals surface area contributed by atoms with Crippen molar-refractivity contribution in [2.24, 2.45) is 0 Å². The molecule has 3 heterocycles. The average molecular weight is 532 g/mol. The molecule has 2 aromatic heterocycles. The number of rotatable bonds is 8. The molecule has 1 fully saturated rings. The quantitative estimate of drug-likeness (QED) is 0.322. The van der Waals surface area contributed by atoms with Gasteiger partial charge in [-0.3, -0.25) is 14.7 Å². The van der Waals surface area contributed by atoms with Crippen molar-refractivity contribution < 1.29 is 4.79 Å². The molecule has 1 saturated heterocycles. The Hall–Kier alpha value is -4.40. The summed E-state index contributed by atoms with van der Waals surface area (Å²) < 4.78 is 1.79. The van der Waals surface area contributed by atoms with Gasteiger partial charge in [-0.1, -0.05) is 65.9 Å². The molecule has 1 N–H and O–H groups in total. The minimum Gasteiger partial charge on any atom is -0.344 e. The molecule has 3 aromatic carbocycles. The number of amides is 1. The number of fused-ring (bicyclic) bond motifs is 1. The van der Waals surface area contributed by atoms with Crippen LogP contribution < -0.4 is 5.32 Å². The van der Waals surface area contributed by atoms with Crippen molar-refractivity contribution in [3.05, 3.63) is 114 Å². The first-order valence-corrected chi connectivity index (χ1v) is 13.7. The molecule has 0 saturated carbocycles. The third-order valence-electron chi connectivity index (χ3n) is 7.61. The van der Waals surface area contributed by atoms with Crippen LogP contribution in [0.15, 0.2) is 97.5 Å². The number of piperazine rings is 1. The Kier molecular flexibility index (Phi) is 7.61. The molecule has 1 aliphatic rings. The normalized spacial score (nSPS) is 15.2. The van der Waals surface area contributed by atoms with Crippen LogP contribution in [-0.4, -0.2) is 75.5 Å². The zero-order valence-electron chi connectivity index (χ0n) is 22.6. The van der Waals surface area contributed by atoms with Crippen LogP contribution in [0.25, 0.3) is 22.0 Å². The van der Waals surface area contributed by atoms with Crippen molar-refractivity contribution >= 4 is 16.7 Å². The van der Waals surface area contributed by atoms with Crippen molar-refractivity contribution in [2.45, 2.75) is 12.6 Å². The number of hydrogen-bond acceptors (Lipinski definition) is 6. The van der Waals surface area contributed by atoms with Crippen molar-refractivity contribution in [2.75, 3.05) is 39.8 Å². The third-order valence-corrected chi connectivity index (χ3v) is 7.61. The summed E-state index contributed by atoms with van der Waals surface area (Å²) in [5, 5.41) is 14.3. The van der Waals surface area contributed by atoms with Crippen molar-refractivity contribution in [1.82, 2.24) is 35.1 Å². The van der Waals surface area contributed by atoms with Gasteiger partial charge in [0.25, 0.3) is 5.91 Å². The third kappa shape index (κ3) is 5.93. The highest BCUT2D eigenvalue weighted by molar-refractivity contribution is 5.96. The Balaban J connectivity index is 1.20. The molecule has 5 aromatic rings. The maximum atomic E-state index is 13.7. The Labute approximate surface area is 234 Å². The number of aromatic nitrogens is 4. The molecule has 0 aliphatic carbocycles. The fraction of sp³-hybridized carbons (Fsp3) is 0.250. The van der Waals surface area contributed by atoms with Gasteiger partial charge in [-0.05, 0) is 41.8 Å². The first kappa shape index (κ1) is 25.9. The second-order valence-corrected chi connectivity index (χ2v) is 10.4. The Morgan fingerprint density at radius 1 is 0.925 bits per heavy atom. The molecule has 1 amide bonds. The summed E-state index contributed by atoms with van der Waals surface area (Å²) in [5.41, 5.74) is 4.44. The lowest BCUT2D eigenvalue weighted by Gasteiger charge is -2.35. The van der Waals surface area contributed by atoms with Gasteiger partial charge in [-0.2, -0.15) is 0 Å². The van der Waals surface area contributed by atoms with E-state index in [0.29, 0.717) is 12.1 Å². The highest BCUT2D eigenvalue weighted by atomic mass is 16.1. The summed E-state index contributed by atoms with van der Waals surface area (Å²) in [5.74, 6) is -0.0814. The molecular formula is C32H33N7O. The lowest BCUT2D eigenvalue weighted by atomic mass is 10.0. The van der Waals surface area contributed by atoms with Gasteiger partial charge in [0.2, 0.25) is 0 Å². The topological polar surface area (TPSA) is 79.2 Å². The number of carbonyl (C=O) groups is 1. The number of carbonyl (C=O) groups excluding carboxylic acids is 1. The summed E-state index contributed by atoms with van der Waals surface area (Å²) in [6.45, 7) is 5.29. The minimum absolute atomic E-state index is 0.0814. The van der Waals surface area contributed by atoms with Crippen molar-refractivity contribution in [3.8, 4) is 11.3 Å². The molecule has 40 heavy (non-hydrogen) atoms. The van der Waals surface area contributed by atoms with Crippen LogP contribution in [0.1, 0.15) is 27.5 Å². The SMILES string of the molecule is CN1CCN(CC(NC(=O)c2ccccc2Cn2cc(-c3ccc4cnccc4c3)nn2)c2ccccc2)CC1. The maximum absolute atomic E-state index is 13.7. The predicted molar refractivity (Wildman–Crippen MR) is 157 cm³/mol. The molecule has 0 spiro atoms. The van der Waals surface area contributed by atoms with Crippen LogP contribution in [0.2, 0.25) is 0 Å². The van der Waals surface area contributed by atoms with E-state index in [9.17, 15) is 4.79 Å². The number of pyridine rings is 1. The molecule has 8 nitrogen and oxygen atoms in total.